The average Bonchev–Trinajstić information content (AvgIpc) is 2.96. The molecule has 1 N–H and O–H groups in total. The van der Waals surface area contributed by atoms with Gasteiger partial charge in [0.2, 0.25) is 5.91 Å². The lowest BCUT2D eigenvalue weighted by Crippen LogP contribution is -2.20. The number of carbonyl (C=O) groups excluding carboxylic acids is 1. The molecule has 2 unspecified atom stereocenters. The number of fused-ring (bicyclic) bond motifs is 2. The van der Waals surface area contributed by atoms with E-state index < -0.39 is 0 Å². The van der Waals surface area contributed by atoms with Gasteiger partial charge in [0.05, 0.1) is 11.1 Å². The monoisotopic (exact) mass is 333 g/mol. The maximum Gasteiger partial charge on any atom is 0.235 e. The zero-order valence-corrected chi connectivity index (χ0v) is 13.9. The summed E-state index contributed by atoms with van der Waals surface area (Å²) in [7, 11) is 0. The van der Waals surface area contributed by atoms with E-state index in [0.29, 0.717) is 5.92 Å². The average molecular weight is 333 g/mol. The minimum absolute atomic E-state index is 0.150. The van der Waals surface area contributed by atoms with Gasteiger partial charge < -0.3 is 5.32 Å². The van der Waals surface area contributed by atoms with Crippen LogP contribution in [0.3, 0.4) is 0 Å². The smallest absolute Gasteiger partial charge is 0.235 e. The van der Waals surface area contributed by atoms with E-state index >= 15 is 0 Å². The summed E-state index contributed by atoms with van der Waals surface area (Å²) in [6.45, 7) is 2.14. The van der Waals surface area contributed by atoms with Gasteiger partial charge in [0, 0.05) is 34.6 Å². The van der Waals surface area contributed by atoms with Crippen molar-refractivity contribution in [3.63, 3.8) is 0 Å². The number of aromatic nitrogens is 2. The van der Waals surface area contributed by atoms with E-state index in [4.69, 9.17) is 4.98 Å². The Kier molecular flexibility index (Phi) is 2.74. The van der Waals surface area contributed by atoms with Crippen LogP contribution in [-0.2, 0) is 10.2 Å². The lowest BCUT2D eigenvalue weighted by Gasteiger charge is -2.07. The first-order chi connectivity index (χ1) is 11.7. The van der Waals surface area contributed by atoms with Crippen molar-refractivity contribution in [3.05, 3.63) is 53.7 Å². The number of anilines is 1. The first-order valence-corrected chi connectivity index (χ1v) is 8.89. The molecule has 1 spiro atoms. The quantitative estimate of drug-likeness (QED) is 0.768. The van der Waals surface area contributed by atoms with Gasteiger partial charge in [-0.05, 0) is 42.2 Å². The minimum Gasteiger partial charge on any atom is -0.325 e. The molecule has 0 bridgehead atoms. The number of hydrogen-bond acceptors (Lipinski definition) is 4. The van der Waals surface area contributed by atoms with Gasteiger partial charge in [-0.2, -0.15) is 0 Å². The van der Waals surface area contributed by atoms with Crippen molar-refractivity contribution in [1.82, 2.24) is 9.97 Å². The highest BCUT2D eigenvalue weighted by Gasteiger charge is 2.62. The van der Waals surface area contributed by atoms with E-state index in [1.165, 1.54) is 0 Å². The molecule has 1 aromatic carbocycles. The van der Waals surface area contributed by atoms with Gasteiger partial charge in [0.25, 0.3) is 0 Å². The third kappa shape index (κ3) is 1.82. The maximum atomic E-state index is 12.3. The Morgan fingerprint density at radius 1 is 1.29 bits per heavy atom. The number of benzene rings is 1. The van der Waals surface area contributed by atoms with Crippen molar-refractivity contribution in [1.29, 1.82) is 0 Å². The number of rotatable bonds is 2. The number of amides is 1. The highest BCUT2D eigenvalue weighted by molar-refractivity contribution is 7.13. The standard InChI is InChI=1S/C19H15N3OS/c1-11-8-19(11)14-7-12(4-5-15(14)22-18(19)23)16-10-24-17(21-16)13-3-2-6-20-9-13/h2-7,9-11H,8H2,1H3,(H,22,23). The fourth-order valence-electron chi connectivity index (χ4n) is 3.68. The van der Waals surface area contributed by atoms with Crippen LogP contribution in [0, 0.1) is 5.92 Å². The van der Waals surface area contributed by atoms with E-state index in [0.717, 1.165) is 39.5 Å². The second-order valence-corrected chi connectivity index (χ2v) is 7.43. The summed E-state index contributed by atoms with van der Waals surface area (Å²) in [6.07, 6.45) is 4.53. The molecule has 4 nitrogen and oxygen atoms in total. The van der Waals surface area contributed by atoms with Crippen LogP contribution < -0.4 is 5.32 Å². The highest BCUT2D eigenvalue weighted by Crippen LogP contribution is 2.60. The molecule has 1 aliphatic heterocycles. The number of carbonyl (C=O) groups is 1. The zero-order chi connectivity index (χ0) is 16.3. The highest BCUT2D eigenvalue weighted by atomic mass is 32.1. The minimum atomic E-state index is -0.298. The van der Waals surface area contributed by atoms with E-state index in [9.17, 15) is 4.79 Å². The summed E-state index contributed by atoms with van der Waals surface area (Å²) in [6, 6.07) is 10.1. The maximum absolute atomic E-state index is 12.3. The van der Waals surface area contributed by atoms with Gasteiger partial charge in [-0.3, -0.25) is 9.78 Å². The zero-order valence-electron chi connectivity index (χ0n) is 13.1. The molecule has 2 aliphatic rings. The lowest BCUT2D eigenvalue weighted by atomic mass is 9.93. The molecular weight excluding hydrogens is 318 g/mol. The number of hydrogen-bond donors (Lipinski definition) is 1. The predicted octanol–water partition coefficient (Wildman–Crippen LogP) is 4.10. The van der Waals surface area contributed by atoms with Crippen molar-refractivity contribution in [2.24, 2.45) is 5.92 Å². The molecule has 3 aromatic rings. The molecule has 1 aliphatic carbocycles. The van der Waals surface area contributed by atoms with E-state index in [-0.39, 0.29) is 11.3 Å². The Bertz CT molecular complexity index is 966. The first-order valence-electron chi connectivity index (χ1n) is 8.01. The van der Waals surface area contributed by atoms with Crippen LogP contribution in [0.15, 0.2) is 48.1 Å². The Hall–Kier alpha value is -2.53. The third-order valence-corrected chi connectivity index (χ3v) is 6.06. The van der Waals surface area contributed by atoms with Gasteiger partial charge in [-0.25, -0.2) is 4.98 Å². The molecule has 1 saturated carbocycles. The second kappa shape index (κ2) is 4.74. The van der Waals surface area contributed by atoms with Crippen LogP contribution in [0.2, 0.25) is 0 Å². The van der Waals surface area contributed by atoms with Crippen LogP contribution in [0.4, 0.5) is 5.69 Å². The SMILES string of the molecule is CC1CC12C(=O)Nc1ccc(-c3csc(-c4cccnc4)n3)cc12. The molecule has 24 heavy (non-hydrogen) atoms. The van der Waals surface area contributed by atoms with Crippen molar-refractivity contribution in [2.45, 2.75) is 18.8 Å². The van der Waals surface area contributed by atoms with Gasteiger partial charge in [-0.15, -0.1) is 11.3 Å². The van der Waals surface area contributed by atoms with Crippen LogP contribution in [0.5, 0.6) is 0 Å². The first kappa shape index (κ1) is 13.9. The summed E-state index contributed by atoms with van der Waals surface area (Å²) < 4.78 is 0. The Morgan fingerprint density at radius 2 is 2.17 bits per heavy atom. The van der Waals surface area contributed by atoms with Gasteiger partial charge in [0.15, 0.2) is 0 Å². The topological polar surface area (TPSA) is 54.9 Å². The molecule has 2 atom stereocenters. The molecule has 3 heterocycles. The van der Waals surface area contributed by atoms with Gasteiger partial charge in [0.1, 0.15) is 5.01 Å². The molecule has 0 radical (unpaired) electrons. The molecule has 2 aromatic heterocycles. The largest absolute Gasteiger partial charge is 0.325 e. The Morgan fingerprint density at radius 3 is 2.92 bits per heavy atom. The summed E-state index contributed by atoms with van der Waals surface area (Å²) in [5.41, 5.74) is 4.83. The van der Waals surface area contributed by atoms with Crippen LogP contribution in [-0.4, -0.2) is 15.9 Å². The molecule has 1 fully saturated rings. The van der Waals surface area contributed by atoms with Crippen molar-refractivity contribution in [2.75, 3.05) is 5.32 Å². The summed E-state index contributed by atoms with van der Waals surface area (Å²) in [4.78, 5) is 21.2. The number of thiazole rings is 1. The third-order valence-electron chi connectivity index (χ3n) is 5.17. The number of pyridine rings is 1. The van der Waals surface area contributed by atoms with Gasteiger partial charge >= 0.3 is 0 Å². The molecule has 118 valence electrons. The van der Waals surface area contributed by atoms with Gasteiger partial charge in [-0.1, -0.05) is 13.0 Å². The number of nitrogens with zero attached hydrogens (tertiary/aromatic N) is 2. The Balaban J connectivity index is 1.56. The van der Waals surface area contributed by atoms with Crippen LogP contribution >= 0.6 is 11.3 Å². The van der Waals surface area contributed by atoms with E-state index in [2.05, 4.69) is 28.7 Å². The molecule has 5 rings (SSSR count). The fourth-order valence-corrected chi connectivity index (χ4v) is 4.50. The molecule has 0 saturated heterocycles. The molecule has 1 amide bonds. The van der Waals surface area contributed by atoms with E-state index in [1.54, 1.807) is 17.5 Å². The fraction of sp³-hybridized carbons (Fsp3) is 0.211. The Labute approximate surface area is 143 Å². The normalized spacial score (nSPS) is 24.0. The van der Waals surface area contributed by atoms with Crippen molar-refractivity contribution < 1.29 is 4.79 Å². The van der Waals surface area contributed by atoms with Crippen LogP contribution in [0.1, 0.15) is 18.9 Å². The summed E-state index contributed by atoms with van der Waals surface area (Å²) >= 11 is 1.61. The van der Waals surface area contributed by atoms with Crippen molar-refractivity contribution in [3.8, 4) is 21.8 Å². The van der Waals surface area contributed by atoms with E-state index in [1.807, 2.05) is 30.5 Å². The lowest BCUT2D eigenvalue weighted by molar-refractivity contribution is -0.118. The number of nitrogens with one attached hydrogen (secondary N) is 1. The molecular formula is C19H15N3OS. The van der Waals surface area contributed by atoms with Crippen molar-refractivity contribution >= 4 is 22.9 Å². The molecule has 5 heteroatoms. The predicted molar refractivity (Wildman–Crippen MR) is 94.9 cm³/mol. The second-order valence-electron chi connectivity index (χ2n) is 6.57. The summed E-state index contributed by atoms with van der Waals surface area (Å²) in [5, 5.41) is 6.05. The summed E-state index contributed by atoms with van der Waals surface area (Å²) in [5.74, 6) is 0.562. The van der Waals surface area contributed by atoms with Crippen LogP contribution in [0.25, 0.3) is 21.8 Å².